The number of benzene rings is 1. The molecule has 4 aliphatic rings. The summed E-state index contributed by atoms with van der Waals surface area (Å²) in [5, 5.41) is 3.80. The van der Waals surface area contributed by atoms with Crippen molar-refractivity contribution in [2.75, 3.05) is 31.2 Å². The number of fused-ring (bicyclic) bond motifs is 5. The van der Waals surface area contributed by atoms with E-state index in [-0.39, 0.29) is 6.17 Å². The van der Waals surface area contributed by atoms with Gasteiger partial charge < -0.3 is 14.4 Å². The molecule has 2 spiro atoms. The fourth-order valence-electron chi connectivity index (χ4n) is 5.04. The van der Waals surface area contributed by atoms with Gasteiger partial charge in [-0.25, -0.2) is 0 Å². The molecule has 4 heteroatoms. The normalized spacial score (nSPS) is 31.5. The van der Waals surface area contributed by atoms with Gasteiger partial charge in [-0.3, -0.25) is 5.32 Å². The van der Waals surface area contributed by atoms with E-state index < -0.39 is 5.79 Å². The van der Waals surface area contributed by atoms with Gasteiger partial charge in [-0.15, -0.1) is 0 Å². The van der Waals surface area contributed by atoms with Crippen LogP contribution < -0.4 is 10.2 Å². The van der Waals surface area contributed by atoms with Crippen LogP contribution in [0.1, 0.15) is 37.7 Å². The highest BCUT2D eigenvalue weighted by Gasteiger charge is 2.58. The Morgan fingerprint density at radius 2 is 1.82 bits per heavy atom. The van der Waals surface area contributed by atoms with E-state index in [4.69, 9.17) is 9.47 Å². The van der Waals surface area contributed by atoms with E-state index in [0.717, 1.165) is 13.1 Å². The van der Waals surface area contributed by atoms with E-state index in [0.29, 0.717) is 18.6 Å². The van der Waals surface area contributed by atoms with Gasteiger partial charge in [0.25, 0.3) is 0 Å². The maximum atomic E-state index is 6.15. The summed E-state index contributed by atoms with van der Waals surface area (Å²) in [6.45, 7) is 3.60. The van der Waals surface area contributed by atoms with Crippen molar-refractivity contribution < 1.29 is 9.47 Å². The van der Waals surface area contributed by atoms with Crippen LogP contribution in [0.2, 0.25) is 0 Å². The summed E-state index contributed by atoms with van der Waals surface area (Å²) in [4.78, 5) is 2.52. The quantitative estimate of drug-likeness (QED) is 0.798. The molecule has 1 aromatic rings. The van der Waals surface area contributed by atoms with E-state index in [2.05, 4.69) is 34.5 Å². The van der Waals surface area contributed by atoms with Crippen LogP contribution in [0.3, 0.4) is 0 Å². The lowest BCUT2D eigenvalue weighted by Crippen LogP contribution is -2.64. The highest BCUT2D eigenvalue weighted by molar-refractivity contribution is 5.63. The van der Waals surface area contributed by atoms with Crippen LogP contribution in [0.5, 0.6) is 0 Å². The Balaban J connectivity index is 1.55. The average Bonchev–Trinajstić information content (AvgIpc) is 3.15. The summed E-state index contributed by atoms with van der Waals surface area (Å²) < 4.78 is 12.3. The molecule has 1 atom stereocenters. The first-order valence-electron chi connectivity index (χ1n) is 8.71. The predicted octanol–water partition coefficient (Wildman–Crippen LogP) is 2.59. The lowest BCUT2D eigenvalue weighted by atomic mass is 9.72. The van der Waals surface area contributed by atoms with Gasteiger partial charge >= 0.3 is 0 Å². The van der Waals surface area contributed by atoms with Crippen molar-refractivity contribution >= 4 is 5.69 Å². The second kappa shape index (κ2) is 4.70. The molecule has 2 saturated heterocycles. The van der Waals surface area contributed by atoms with Crippen LogP contribution in [0.25, 0.3) is 0 Å². The molecule has 3 aliphatic heterocycles. The number of anilines is 1. The number of hydrogen-bond acceptors (Lipinski definition) is 4. The lowest BCUT2D eigenvalue weighted by molar-refractivity contribution is -0.186. The lowest BCUT2D eigenvalue weighted by Gasteiger charge is -2.49. The molecule has 0 radical (unpaired) electrons. The van der Waals surface area contributed by atoms with Gasteiger partial charge in [-0.1, -0.05) is 37.5 Å². The van der Waals surface area contributed by atoms with Crippen LogP contribution in [-0.4, -0.2) is 32.5 Å². The minimum atomic E-state index is -0.590. The minimum Gasteiger partial charge on any atom is -0.350 e. The van der Waals surface area contributed by atoms with Gasteiger partial charge in [-0.2, -0.15) is 0 Å². The van der Waals surface area contributed by atoms with Crippen LogP contribution in [-0.2, 0) is 15.3 Å². The Kier molecular flexibility index (Phi) is 2.85. The molecule has 1 aromatic carbocycles. The number of ether oxygens (including phenoxy) is 2. The fraction of sp³-hybridized carbons (Fsp3) is 0.667. The number of hydrogen-bond donors (Lipinski definition) is 1. The molecule has 3 fully saturated rings. The average molecular weight is 300 g/mol. The van der Waals surface area contributed by atoms with Gasteiger partial charge in [0, 0.05) is 29.8 Å². The molecule has 1 unspecified atom stereocenters. The Bertz CT molecular complexity index is 576. The van der Waals surface area contributed by atoms with E-state index in [1.54, 1.807) is 0 Å². The molecule has 0 bridgehead atoms. The van der Waals surface area contributed by atoms with Crippen LogP contribution in [0, 0.1) is 5.41 Å². The van der Waals surface area contributed by atoms with E-state index in [1.165, 1.54) is 43.4 Å². The van der Waals surface area contributed by atoms with Crippen molar-refractivity contribution in [1.29, 1.82) is 0 Å². The minimum absolute atomic E-state index is 0.125. The van der Waals surface area contributed by atoms with Gasteiger partial charge in [0.05, 0.1) is 13.2 Å². The molecule has 1 N–H and O–H groups in total. The topological polar surface area (TPSA) is 33.7 Å². The maximum absolute atomic E-state index is 6.15. The summed E-state index contributed by atoms with van der Waals surface area (Å²) in [7, 11) is 0. The van der Waals surface area contributed by atoms with Gasteiger partial charge in [0.15, 0.2) is 0 Å². The van der Waals surface area contributed by atoms with Gasteiger partial charge in [0.1, 0.15) is 6.17 Å². The summed E-state index contributed by atoms with van der Waals surface area (Å²) in [5.74, 6) is -0.590. The predicted molar refractivity (Wildman–Crippen MR) is 84.7 cm³/mol. The van der Waals surface area contributed by atoms with Crippen molar-refractivity contribution in [2.24, 2.45) is 5.41 Å². The van der Waals surface area contributed by atoms with Crippen molar-refractivity contribution in [3.05, 3.63) is 29.8 Å². The molecule has 118 valence electrons. The summed E-state index contributed by atoms with van der Waals surface area (Å²) in [5.41, 5.74) is 2.94. The third kappa shape index (κ3) is 1.69. The number of rotatable bonds is 0. The van der Waals surface area contributed by atoms with Crippen molar-refractivity contribution in [2.45, 2.75) is 44.1 Å². The number of para-hydroxylation sites is 1. The number of nitrogens with zero attached hydrogens (tertiary/aromatic N) is 1. The first kappa shape index (κ1) is 13.3. The molecule has 0 aromatic heterocycles. The second-order valence-electron chi connectivity index (χ2n) is 7.35. The molecule has 3 heterocycles. The van der Waals surface area contributed by atoms with Crippen LogP contribution in [0.15, 0.2) is 24.3 Å². The Morgan fingerprint density at radius 1 is 1.05 bits per heavy atom. The SMILES string of the molecule is c1ccc2c(c1)N1CC3(CCCCC3)CNC1C21OCCO1. The maximum Gasteiger partial charge on any atom is 0.232 e. The molecule has 4 nitrogen and oxygen atoms in total. The summed E-state index contributed by atoms with van der Waals surface area (Å²) in [6, 6.07) is 8.63. The third-order valence-electron chi connectivity index (χ3n) is 6.07. The van der Waals surface area contributed by atoms with E-state index in [9.17, 15) is 0 Å². The van der Waals surface area contributed by atoms with E-state index >= 15 is 0 Å². The molecule has 1 aliphatic carbocycles. The van der Waals surface area contributed by atoms with Crippen molar-refractivity contribution in [3.8, 4) is 0 Å². The Hall–Kier alpha value is -1.10. The monoisotopic (exact) mass is 300 g/mol. The van der Waals surface area contributed by atoms with Gasteiger partial charge in [0.2, 0.25) is 5.79 Å². The molecular formula is C18H24N2O2. The van der Waals surface area contributed by atoms with E-state index in [1.807, 2.05) is 0 Å². The molecule has 22 heavy (non-hydrogen) atoms. The fourth-order valence-corrected chi connectivity index (χ4v) is 5.04. The second-order valence-corrected chi connectivity index (χ2v) is 7.35. The Morgan fingerprint density at radius 3 is 2.64 bits per heavy atom. The smallest absolute Gasteiger partial charge is 0.232 e. The standard InChI is InChI=1S/C18H24N2O2/c1-4-8-17(9-5-1)12-19-16-18(21-10-11-22-18)14-6-2-3-7-15(14)20(16)13-17/h2-3,6-7,16,19H,1,4-5,8-13H2. The largest absolute Gasteiger partial charge is 0.350 e. The molecule has 0 amide bonds. The first-order chi connectivity index (χ1) is 10.8. The zero-order chi connectivity index (χ0) is 14.6. The summed E-state index contributed by atoms with van der Waals surface area (Å²) in [6.07, 6.45) is 6.97. The van der Waals surface area contributed by atoms with Crippen molar-refractivity contribution in [3.63, 3.8) is 0 Å². The molecular weight excluding hydrogens is 276 g/mol. The van der Waals surface area contributed by atoms with Crippen LogP contribution in [0.4, 0.5) is 5.69 Å². The summed E-state index contributed by atoms with van der Waals surface area (Å²) >= 11 is 0. The van der Waals surface area contributed by atoms with Crippen LogP contribution >= 0.6 is 0 Å². The Labute approximate surface area is 131 Å². The first-order valence-corrected chi connectivity index (χ1v) is 8.71. The molecule has 1 saturated carbocycles. The zero-order valence-electron chi connectivity index (χ0n) is 13.0. The number of nitrogens with one attached hydrogen (secondary N) is 1. The van der Waals surface area contributed by atoms with Crippen molar-refractivity contribution in [1.82, 2.24) is 5.32 Å². The highest BCUT2D eigenvalue weighted by atomic mass is 16.7. The highest BCUT2D eigenvalue weighted by Crippen LogP contribution is 2.52. The zero-order valence-corrected chi connectivity index (χ0v) is 13.0. The van der Waals surface area contributed by atoms with Gasteiger partial charge in [-0.05, 0) is 18.9 Å². The third-order valence-corrected chi connectivity index (χ3v) is 6.07. The molecule has 5 rings (SSSR count).